The van der Waals surface area contributed by atoms with E-state index >= 15 is 0 Å². The summed E-state index contributed by atoms with van der Waals surface area (Å²) in [5, 5.41) is 7.36. The predicted molar refractivity (Wildman–Crippen MR) is 120 cm³/mol. The quantitative estimate of drug-likeness (QED) is 0.554. The van der Waals surface area contributed by atoms with E-state index in [1.165, 1.54) is 6.42 Å². The zero-order valence-electron chi connectivity index (χ0n) is 18.2. The molecule has 3 aromatic rings. The van der Waals surface area contributed by atoms with Gasteiger partial charge in [-0.25, -0.2) is 0 Å². The lowest BCUT2D eigenvalue weighted by atomic mass is 10.0. The summed E-state index contributed by atoms with van der Waals surface area (Å²) in [4.78, 5) is 16.7. The van der Waals surface area contributed by atoms with Gasteiger partial charge in [-0.05, 0) is 50.3 Å². The molecule has 6 nitrogen and oxygen atoms in total. The highest BCUT2D eigenvalue weighted by molar-refractivity contribution is 5.98. The maximum Gasteiger partial charge on any atom is 0.257 e. The highest BCUT2D eigenvalue weighted by atomic mass is 16.5. The average molecular weight is 407 g/mol. The van der Waals surface area contributed by atoms with Gasteiger partial charge in [0, 0.05) is 31.8 Å². The SMILES string of the molecule is CCCCN(C)Cc1cn[nH]c1-c1ccc(Oc2ccccc2)c(C(=O)N(C)C)c1. The van der Waals surface area contributed by atoms with Crippen molar-refractivity contribution in [2.75, 3.05) is 27.7 Å². The molecular weight excluding hydrogens is 376 g/mol. The van der Waals surface area contributed by atoms with Crippen LogP contribution >= 0.6 is 0 Å². The molecule has 0 spiro atoms. The van der Waals surface area contributed by atoms with E-state index in [0.717, 1.165) is 36.3 Å². The van der Waals surface area contributed by atoms with Gasteiger partial charge in [0.15, 0.2) is 0 Å². The second-order valence-corrected chi connectivity index (χ2v) is 7.69. The van der Waals surface area contributed by atoms with E-state index in [1.54, 1.807) is 19.0 Å². The number of aromatic amines is 1. The molecule has 0 saturated carbocycles. The van der Waals surface area contributed by atoms with Crippen LogP contribution in [0.3, 0.4) is 0 Å². The first-order valence-corrected chi connectivity index (χ1v) is 10.3. The number of carbonyl (C=O) groups excluding carboxylic acids is 1. The summed E-state index contributed by atoms with van der Waals surface area (Å²) in [7, 11) is 5.60. The van der Waals surface area contributed by atoms with E-state index in [4.69, 9.17) is 4.74 Å². The van der Waals surface area contributed by atoms with Crippen molar-refractivity contribution >= 4 is 5.91 Å². The molecular formula is C24H30N4O2. The zero-order valence-corrected chi connectivity index (χ0v) is 18.2. The van der Waals surface area contributed by atoms with Crippen LogP contribution in [0.2, 0.25) is 0 Å². The molecule has 1 aromatic heterocycles. The molecule has 3 rings (SSSR count). The van der Waals surface area contributed by atoms with Gasteiger partial charge in [0.2, 0.25) is 0 Å². The van der Waals surface area contributed by atoms with Crippen molar-refractivity contribution in [2.45, 2.75) is 26.3 Å². The molecule has 6 heteroatoms. The van der Waals surface area contributed by atoms with Crippen molar-refractivity contribution in [1.82, 2.24) is 20.0 Å². The molecule has 0 saturated heterocycles. The normalized spacial score (nSPS) is 11.0. The molecule has 0 aliphatic heterocycles. The van der Waals surface area contributed by atoms with Crippen LogP contribution < -0.4 is 4.74 Å². The molecule has 1 N–H and O–H groups in total. The third kappa shape index (κ3) is 5.27. The summed E-state index contributed by atoms with van der Waals surface area (Å²) >= 11 is 0. The second-order valence-electron chi connectivity index (χ2n) is 7.69. The molecule has 30 heavy (non-hydrogen) atoms. The molecule has 0 radical (unpaired) electrons. The van der Waals surface area contributed by atoms with Crippen molar-refractivity contribution in [3.05, 3.63) is 65.9 Å². The number of unbranched alkanes of at least 4 members (excludes halogenated alkanes) is 1. The summed E-state index contributed by atoms with van der Waals surface area (Å²) in [6, 6.07) is 15.2. The van der Waals surface area contributed by atoms with Crippen LogP contribution in [0.25, 0.3) is 11.3 Å². The first kappa shape index (κ1) is 21.6. The topological polar surface area (TPSA) is 61.5 Å². The third-order valence-corrected chi connectivity index (χ3v) is 4.93. The summed E-state index contributed by atoms with van der Waals surface area (Å²) in [6.07, 6.45) is 4.19. The largest absolute Gasteiger partial charge is 0.457 e. The van der Waals surface area contributed by atoms with Gasteiger partial charge >= 0.3 is 0 Å². The van der Waals surface area contributed by atoms with Crippen LogP contribution in [0.1, 0.15) is 35.7 Å². The molecule has 0 aliphatic rings. The fraction of sp³-hybridized carbons (Fsp3) is 0.333. The third-order valence-electron chi connectivity index (χ3n) is 4.93. The monoisotopic (exact) mass is 406 g/mol. The second kappa shape index (κ2) is 10.1. The lowest BCUT2D eigenvalue weighted by Crippen LogP contribution is -2.22. The summed E-state index contributed by atoms with van der Waals surface area (Å²) in [6.45, 7) is 4.03. The van der Waals surface area contributed by atoms with Crippen molar-refractivity contribution in [3.63, 3.8) is 0 Å². The lowest BCUT2D eigenvalue weighted by molar-refractivity contribution is 0.0825. The minimum atomic E-state index is -0.107. The number of para-hydroxylation sites is 1. The van der Waals surface area contributed by atoms with Crippen LogP contribution in [0.5, 0.6) is 11.5 Å². The van der Waals surface area contributed by atoms with Crippen molar-refractivity contribution in [1.29, 1.82) is 0 Å². The number of rotatable bonds is 9. The molecule has 1 heterocycles. The Morgan fingerprint density at radius 3 is 2.57 bits per heavy atom. The molecule has 1 amide bonds. The van der Waals surface area contributed by atoms with Gasteiger partial charge in [0.1, 0.15) is 11.5 Å². The number of hydrogen-bond acceptors (Lipinski definition) is 4. The van der Waals surface area contributed by atoms with Gasteiger partial charge < -0.3 is 14.5 Å². The van der Waals surface area contributed by atoms with Gasteiger partial charge in [-0.3, -0.25) is 9.89 Å². The van der Waals surface area contributed by atoms with Crippen molar-refractivity contribution in [3.8, 4) is 22.8 Å². The highest BCUT2D eigenvalue weighted by Gasteiger charge is 2.19. The van der Waals surface area contributed by atoms with E-state index in [2.05, 4.69) is 29.1 Å². The molecule has 158 valence electrons. The Morgan fingerprint density at radius 1 is 1.10 bits per heavy atom. The Balaban J connectivity index is 1.93. The minimum absolute atomic E-state index is 0.107. The number of H-pyrrole nitrogens is 1. The Morgan fingerprint density at radius 2 is 1.87 bits per heavy atom. The predicted octanol–water partition coefficient (Wildman–Crippen LogP) is 4.80. The molecule has 0 fully saturated rings. The van der Waals surface area contributed by atoms with E-state index in [9.17, 15) is 4.79 Å². The number of benzene rings is 2. The molecule has 2 aromatic carbocycles. The van der Waals surface area contributed by atoms with Crippen LogP contribution in [0.4, 0.5) is 0 Å². The summed E-state index contributed by atoms with van der Waals surface area (Å²) < 4.78 is 6.01. The minimum Gasteiger partial charge on any atom is -0.457 e. The van der Waals surface area contributed by atoms with E-state index in [1.807, 2.05) is 54.7 Å². The molecule has 0 unspecified atom stereocenters. The van der Waals surface area contributed by atoms with E-state index < -0.39 is 0 Å². The standard InChI is InChI=1S/C24H30N4O2/c1-5-6-14-28(4)17-19-16-25-26-23(19)18-12-13-22(21(15-18)24(29)27(2)3)30-20-10-8-7-9-11-20/h7-13,15-16H,5-6,14,17H2,1-4H3,(H,25,26). The smallest absolute Gasteiger partial charge is 0.257 e. The fourth-order valence-corrected chi connectivity index (χ4v) is 3.28. The van der Waals surface area contributed by atoms with Crippen LogP contribution in [0, 0.1) is 0 Å². The Bertz CT molecular complexity index is 966. The maximum atomic E-state index is 12.9. The van der Waals surface area contributed by atoms with Gasteiger partial charge in [-0.2, -0.15) is 5.10 Å². The van der Waals surface area contributed by atoms with Gasteiger partial charge in [0.25, 0.3) is 5.91 Å². The van der Waals surface area contributed by atoms with Crippen molar-refractivity contribution in [2.24, 2.45) is 0 Å². The Kier molecular flexibility index (Phi) is 7.25. The van der Waals surface area contributed by atoms with Crippen LogP contribution in [-0.4, -0.2) is 53.6 Å². The van der Waals surface area contributed by atoms with Gasteiger partial charge in [-0.1, -0.05) is 31.5 Å². The fourth-order valence-electron chi connectivity index (χ4n) is 3.28. The van der Waals surface area contributed by atoms with Crippen LogP contribution in [0.15, 0.2) is 54.7 Å². The first-order valence-electron chi connectivity index (χ1n) is 10.3. The number of hydrogen-bond donors (Lipinski definition) is 1. The zero-order chi connectivity index (χ0) is 21.5. The first-order chi connectivity index (χ1) is 14.5. The summed E-state index contributed by atoms with van der Waals surface area (Å²) in [5.41, 5.74) is 3.46. The number of nitrogens with one attached hydrogen (secondary N) is 1. The number of amides is 1. The molecule has 0 bridgehead atoms. The maximum absolute atomic E-state index is 12.9. The van der Waals surface area contributed by atoms with E-state index in [-0.39, 0.29) is 5.91 Å². The van der Waals surface area contributed by atoms with E-state index in [0.29, 0.717) is 17.1 Å². The average Bonchev–Trinajstić information content (AvgIpc) is 3.20. The number of carbonyl (C=O) groups is 1. The number of ether oxygens (including phenoxy) is 1. The molecule has 0 atom stereocenters. The number of nitrogens with zero attached hydrogens (tertiary/aromatic N) is 3. The van der Waals surface area contributed by atoms with Crippen molar-refractivity contribution < 1.29 is 9.53 Å². The summed E-state index contributed by atoms with van der Waals surface area (Å²) in [5.74, 6) is 1.12. The van der Waals surface area contributed by atoms with Crippen LogP contribution in [-0.2, 0) is 6.54 Å². The molecule has 0 aliphatic carbocycles. The highest BCUT2D eigenvalue weighted by Crippen LogP contribution is 2.31. The Hall–Kier alpha value is -3.12. The Labute approximate surface area is 178 Å². The lowest BCUT2D eigenvalue weighted by Gasteiger charge is -2.18. The van der Waals surface area contributed by atoms with Gasteiger partial charge in [0.05, 0.1) is 17.5 Å². The number of aromatic nitrogens is 2. The van der Waals surface area contributed by atoms with Gasteiger partial charge in [-0.15, -0.1) is 0 Å².